The normalized spacial score (nSPS) is 14.3. The second-order valence-electron chi connectivity index (χ2n) is 5.04. The molecule has 0 N–H and O–H groups in total. The van der Waals surface area contributed by atoms with E-state index in [-0.39, 0.29) is 5.91 Å². The summed E-state index contributed by atoms with van der Waals surface area (Å²) in [6.45, 7) is 3.51. The van der Waals surface area contributed by atoms with Crippen LogP contribution in [-0.4, -0.2) is 31.0 Å². The monoisotopic (exact) mass is 265 g/mol. The molecular formula is C15H20FNO2. The summed E-state index contributed by atoms with van der Waals surface area (Å²) >= 11 is 0. The van der Waals surface area contributed by atoms with Gasteiger partial charge in [0.05, 0.1) is 12.7 Å². The summed E-state index contributed by atoms with van der Waals surface area (Å²) in [5, 5.41) is 0. The molecule has 0 aromatic heterocycles. The average molecular weight is 265 g/mol. The summed E-state index contributed by atoms with van der Waals surface area (Å²) in [7, 11) is 1.50. The maximum Gasteiger partial charge on any atom is 0.257 e. The van der Waals surface area contributed by atoms with Gasteiger partial charge < -0.3 is 9.64 Å². The molecule has 4 heteroatoms. The van der Waals surface area contributed by atoms with Gasteiger partial charge in [-0.2, -0.15) is 0 Å². The van der Waals surface area contributed by atoms with Gasteiger partial charge in [0.2, 0.25) is 0 Å². The zero-order chi connectivity index (χ0) is 13.8. The van der Waals surface area contributed by atoms with E-state index in [1.165, 1.54) is 38.2 Å². The Morgan fingerprint density at radius 1 is 1.47 bits per heavy atom. The van der Waals surface area contributed by atoms with E-state index in [0.717, 1.165) is 13.0 Å². The fourth-order valence-corrected chi connectivity index (χ4v) is 2.18. The van der Waals surface area contributed by atoms with Crippen LogP contribution in [0.4, 0.5) is 4.39 Å². The molecule has 1 saturated carbocycles. The number of hydrogen-bond acceptors (Lipinski definition) is 2. The third kappa shape index (κ3) is 3.46. The molecule has 0 aliphatic heterocycles. The number of carbonyl (C=O) groups excluding carboxylic acids is 1. The van der Waals surface area contributed by atoms with Crippen molar-refractivity contribution < 1.29 is 13.9 Å². The molecule has 1 fully saturated rings. The standard InChI is InChI=1S/C15H20FNO2/c1-3-8-17(10-11-4-5-11)15(18)13-9-12(16)6-7-14(13)19-2/h6-7,9,11H,3-5,8,10H2,1-2H3. The smallest absolute Gasteiger partial charge is 0.257 e. The molecule has 104 valence electrons. The topological polar surface area (TPSA) is 29.5 Å². The summed E-state index contributed by atoms with van der Waals surface area (Å²) in [5.74, 6) is 0.510. The number of amides is 1. The first kappa shape index (κ1) is 13.8. The van der Waals surface area contributed by atoms with Crippen LogP contribution in [-0.2, 0) is 0 Å². The van der Waals surface area contributed by atoms with Gasteiger partial charge in [-0.3, -0.25) is 4.79 Å². The maximum absolute atomic E-state index is 13.3. The third-order valence-corrected chi connectivity index (χ3v) is 3.35. The predicted octanol–water partition coefficient (Wildman–Crippen LogP) is 3.10. The van der Waals surface area contributed by atoms with Crippen molar-refractivity contribution in [3.05, 3.63) is 29.6 Å². The van der Waals surface area contributed by atoms with E-state index < -0.39 is 5.82 Å². The predicted molar refractivity (Wildman–Crippen MR) is 71.9 cm³/mol. The summed E-state index contributed by atoms with van der Waals surface area (Å²) in [6.07, 6.45) is 3.28. The number of methoxy groups -OCH3 is 1. The molecule has 0 heterocycles. The van der Waals surface area contributed by atoms with Crippen LogP contribution in [0.2, 0.25) is 0 Å². The Labute approximate surface area is 113 Å². The molecule has 0 atom stereocenters. The Hall–Kier alpha value is -1.58. The molecule has 1 aliphatic carbocycles. The van der Waals surface area contributed by atoms with Gasteiger partial charge in [-0.15, -0.1) is 0 Å². The molecule has 0 radical (unpaired) electrons. The van der Waals surface area contributed by atoms with E-state index in [1.807, 2.05) is 11.8 Å². The molecule has 2 rings (SSSR count). The first-order valence-electron chi connectivity index (χ1n) is 6.78. The highest BCUT2D eigenvalue weighted by atomic mass is 19.1. The molecule has 19 heavy (non-hydrogen) atoms. The van der Waals surface area contributed by atoms with Crippen molar-refractivity contribution in [2.45, 2.75) is 26.2 Å². The van der Waals surface area contributed by atoms with E-state index in [1.54, 1.807) is 0 Å². The van der Waals surface area contributed by atoms with Crippen molar-refractivity contribution >= 4 is 5.91 Å². The van der Waals surface area contributed by atoms with E-state index in [9.17, 15) is 9.18 Å². The third-order valence-electron chi connectivity index (χ3n) is 3.35. The molecule has 1 aromatic rings. The van der Waals surface area contributed by atoms with Gasteiger partial charge in [0, 0.05) is 13.1 Å². The summed E-state index contributed by atoms with van der Waals surface area (Å²) in [5.41, 5.74) is 0.316. The molecule has 0 bridgehead atoms. The zero-order valence-corrected chi connectivity index (χ0v) is 11.5. The molecule has 0 spiro atoms. The number of ether oxygens (including phenoxy) is 1. The van der Waals surface area contributed by atoms with Crippen LogP contribution in [0.1, 0.15) is 36.5 Å². The molecule has 0 saturated heterocycles. The van der Waals surface area contributed by atoms with Gasteiger partial charge in [0.1, 0.15) is 11.6 Å². The van der Waals surface area contributed by atoms with Crippen molar-refractivity contribution in [1.82, 2.24) is 4.90 Å². The van der Waals surface area contributed by atoms with E-state index in [4.69, 9.17) is 4.74 Å². The second kappa shape index (κ2) is 6.04. The number of benzene rings is 1. The first-order chi connectivity index (χ1) is 9.15. The SMILES string of the molecule is CCCN(CC1CC1)C(=O)c1cc(F)ccc1OC. The molecule has 0 unspecified atom stereocenters. The quantitative estimate of drug-likeness (QED) is 0.791. The Bertz CT molecular complexity index is 457. The number of carbonyl (C=O) groups is 1. The van der Waals surface area contributed by atoms with E-state index >= 15 is 0 Å². The number of rotatable bonds is 6. The van der Waals surface area contributed by atoms with E-state index in [0.29, 0.717) is 23.8 Å². The summed E-state index contributed by atoms with van der Waals surface area (Å²) in [6, 6.07) is 4.07. The summed E-state index contributed by atoms with van der Waals surface area (Å²) < 4.78 is 18.5. The molecule has 1 aliphatic rings. The summed E-state index contributed by atoms with van der Waals surface area (Å²) in [4.78, 5) is 14.3. The van der Waals surface area contributed by atoms with Crippen LogP contribution < -0.4 is 4.74 Å². The highest BCUT2D eigenvalue weighted by Crippen LogP contribution is 2.31. The fraction of sp³-hybridized carbons (Fsp3) is 0.533. The van der Waals surface area contributed by atoms with Crippen LogP contribution in [0.15, 0.2) is 18.2 Å². The largest absolute Gasteiger partial charge is 0.496 e. The average Bonchev–Trinajstić information content (AvgIpc) is 3.21. The van der Waals surface area contributed by atoms with Crippen molar-refractivity contribution in [3.63, 3.8) is 0 Å². The number of hydrogen-bond donors (Lipinski definition) is 0. The van der Waals surface area contributed by atoms with Gasteiger partial charge in [-0.1, -0.05) is 6.92 Å². The minimum atomic E-state index is -0.410. The van der Waals surface area contributed by atoms with Crippen LogP contribution in [0.3, 0.4) is 0 Å². The minimum absolute atomic E-state index is 0.134. The van der Waals surface area contributed by atoms with Crippen LogP contribution in [0.25, 0.3) is 0 Å². The van der Waals surface area contributed by atoms with Crippen molar-refractivity contribution in [2.24, 2.45) is 5.92 Å². The Balaban J connectivity index is 2.21. The molecule has 3 nitrogen and oxygen atoms in total. The Morgan fingerprint density at radius 3 is 2.79 bits per heavy atom. The highest BCUT2D eigenvalue weighted by molar-refractivity contribution is 5.97. The lowest BCUT2D eigenvalue weighted by Gasteiger charge is -2.23. The van der Waals surface area contributed by atoms with Crippen LogP contribution in [0.5, 0.6) is 5.75 Å². The van der Waals surface area contributed by atoms with Gasteiger partial charge in [-0.05, 0) is 43.4 Å². The second-order valence-corrected chi connectivity index (χ2v) is 5.04. The van der Waals surface area contributed by atoms with Crippen molar-refractivity contribution in [1.29, 1.82) is 0 Å². The number of nitrogens with zero attached hydrogens (tertiary/aromatic N) is 1. The Kier molecular flexibility index (Phi) is 4.40. The van der Waals surface area contributed by atoms with Gasteiger partial charge in [-0.25, -0.2) is 4.39 Å². The number of halogens is 1. The molecule has 1 amide bonds. The lowest BCUT2D eigenvalue weighted by Crippen LogP contribution is -2.34. The van der Waals surface area contributed by atoms with Gasteiger partial charge in [0.25, 0.3) is 5.91 Å². The Morgan fingerprint density at radius 2 is 2.21 bits per heavy atom. The van der Waals surface area contributed by atoms with Crippen LogP contribution >= 0.6 is 0 Å². The zero-order valence-electron chi connectivity index (χ0n) is 11.5. The minimum Gasteiger partial charge on any atom is -0.496 e. The fourth-order valence-electron chi connectivity index (χ4n) is 2.18. The lowest BCUT2D eigenvalue weighted by atomic mass is 10.1. The van der Waals surface area contributed by atoms with Crippen LogP contribution in [0, 0.1) is 11.7 Å². The van der Waals surface area contributed by atoms with E-state index in [2.05, 4.69) is 0 Å². The molecular weight excluding hydrogens is 245 g/mol. The van der Waals surface area contributed by atoms with Gasteiger partial charge >= 0.3 is 0 Å². The molecule has 1 aromatic carbocycles. The lowest BCUT2D eigenvalue weighted by molar-refractivity contribution is 0.0744. The maximum atomic E-state index is 13.3. The first-order valence-corrected chi connectivity index (χ1v) is 6.78. The highest BCUT2D eigenvalue weighted by Gasteiger charge is 2.28. The van der Waals surface area contributed by atoms with Crippen molar-refractivity contribution in [2.75, 3.05) is 20.2 Å². The van der Waals surface area contributed by atoms with Gasteiger partial charge in [0.15, 0.2) is 0 Å². The van der Waals surface area contributed by atoms with Crippen molar-refractivity contribution in [3.8, 4) is 5.75 Å².